The molecule has 7 heteroatoms. The average Bonchev–Trinajstić information content (AvgIpc) is 2.83. The van der Waals surface area contributed by atoms with E-state index in [0.29, 0.717) is 12.5 Å². The van der Waals surface area contributed by atoms with Crippen molar-refractivity contribution in [3.63, 3.8) is 0 Å². The number of nitrogens with one attached hydrogen (secondary N) is 1. The van der Waals surface area contributed by atoms with Crippen LogP contribution in [-0.2, 0) is 0 Å². The Balaban J connectivity index is 2.34. The number of nitro groups is 1. The van der Waals surface area contributed by atoms with Gasteiger partial charge in [-0.15, -0.1) is 0 Å². The van der Waals surface area contributed by atoms with E-state index in [4.69, 9.17) is 4.42 Å². The van der Waals surface area contributed by atoms with Crippen LogP contribution in [0, 0.1) is 16.0 Å². The molecule has 0 aromatic carbocycles. The van der Waals surface area contributed by atoms with Crippen molar-refractivity contribution in [3.8, 4) is 0 Å². The van der Waals surface area contributed by atoms with E-state index >= 15 is 0 Å². The molecular formula is C11H15BrN2O4. The summed E-state index contributed by atoms with van der Waals surface area (Å²) < 4.78 is 4.79. The van der Waals surface area contributed by atoms with Crippen LogP contribution in [0.3, 0.4) is 0 Å². The van der Waals surface area contributed by atoms with Crippen molar-refractivity contribution in [2.24, 2.45) is 5.92 Å². The van der Waals surface area contributed by atoms with Gasteiger partial charge in [-0.25, -0.2) is 0 Å². The molecule has 0 bridgehead atoms. The Morgan fingerprint density at radius 1 is 1.61 bits per heavy atom. The zero-order valence-electron chi connectivity index (χ0n) is 10.0. The maximum absolute atomic E-state index is 11.6. The summed E-state index contributed by atoms with van der Waals surface area (Å²) >= 11 is 3.38. The predicted molar refractivity (Wildman–Crippen MR) is 69.9 cm³/mol. The second kappa shape index (κ2) is 7.15. The molecule has 0 aliphatic carbocycles. The fourth-order valence-corrected chi connectivity index (χ4v) is 1.69. The molecule has 0 aliphatic heterocycles. The van der Waals surface area contributed by atoms with Crippen LogP contribution in [0.15, 0.2) is 16.5 Å². The number of hydrogen-bond acceptors (Lipinski definition) is 4. The molecule has 1 aromatic heterocycles. The Labute approximate surface area is 113 Å². The second-order valence-electron chi connectivity index (χ2n) is 4.05. The van der Waals surface area contributed by atoms with Crippen LogP contribution < -0.4 is 5.32 Å². The van der Waals surface area contributed by atoms with Crippen molar-refractivity contribution in [3.05, 3.63) is 28.0 Å². The van der Waals surface area contributed by atoms with E-state index < -0.39 is 16.7 Å². The molecule has 1 atom stereocenters. The van der Waals surface area contributed by atoms with E-state index in [-0.39, 0.29) is 5.76 Å². The zero-order chi connectivity index (χ0) is 13.5. The van der Waals surface area contributed by atoms with Gasteiger partial charge in [-0.2, -0.15) is 0 Å². The zero-order valence-corrected chi connectivity index (χ0v) is 11.6. The number of nitrogens with zero attached hydrogens (tertiary/aromatic N) is 1. The molecule has 0 saturated carbocycles. The molecule has 1 amide bonds. The van der Waals surface area contributed by atoms with Crippen molar-refractivity contribution in [1.82, 2.24) is 5.32 Å². The van der Waals surface area contributed by atoms with E-state index in [0.717, 1.165) is 18.2 Å². The van der Waals surface area contributed by atoms with Crippen LogP contribution in [-0.4, -0.2) is 22.7 Å². The van der Waals surface area contributed by atoms with Crippen molar-refractivity contribution in [1.29, 1.82) is 0 Å². The maximum Gasteiger partial charge on any atom is 0.433 e. The summed E-state index contributed by atoms with van der Waals surface area (Å²) in [4.78, 5) is 21.3. The first-order valence-electron chi connectivity index (χ1n) is 5.63. The van der Waals surface area contributed by atoms with Crippen LogP contribution in [0.1, 0.15) is 30.3 Å². The van der Waals surface area contributed by atoms with Gasteiger partial charge in [0.1, 0.15) is 4.92 Å². The second-order valence-corrected chi connectivity index (χ2v) is 4.70. The highest BCUT2D eigenvalue weighted by Crippen LogP contribution is 2.15. The van der Waals surface area contributed by atoms with Crippen LogP contribution in [0.5, 0.6) is 0 Å². The standard InChI is InChI=1S/C11H15BrN2O4/c1-8(7-12)3-2-6-13-11(15)9-4-5-10(18-9)14(16)17/h4-5,8H,2-3,6-7H2,1H3,(H,13,15). The molecule has 1 unspecified atom stereocenters. The largest absolute Gasteiger partial charge is 0.433 e. The summed E-state index contributed by atoms with van der Waals surface area (Å²) in [6.07, 6.45) is 1.87. The first-order valence-corrected chi connectivity index (χ1v) is 6.75. The summed E-state index contributed by atoms with van der Waals surface area (Å²) in [6, 6.07) is 2.47. The molecule has 1 aromatic rings. The van der Waals surface area contributed by atoms with Gasteiger partial charge in [0.05, 0.1) is 6.07 Å². The lowest BCUT2D eigenvalue weighted by Gasteiger charge is -2.07. The van der Waals surface area contributed by atoms with Crippen molar-refractivity contribution >= 4 is 27.7 Å². The summed E-state index contributed by atoms with van der Waals surface area (Å²) in [7, 11) is 0. The van der Waals surface area contributed by atoms with Crippen LogP contribution in [0.25, 0.3) is 0 Å². The molecule has 1 heterocycles. The monoisotopic (exact) mass is 318 g/mol. The van der Waals surface area contributed by atoms with Crippen LogP contribution in [0.2, 0.25) is 0 Å². The lowest BCUT2D eigenvalue weighted by Crippen LogP contribution is -2.24. The van der Waals surface area contributed by atoms with Gasteiger partial charge in [0.2, 0.25) is 0 Å². The fourth-order valence-electron chi connectivity index (χ4n) is 1.36. The highest BCUT2D eigenvalue weighted by atomic mass is 79.9. The summed E-state index contributed by atoms with van der Waals surface area (Å²) in [5.41, 5.74) is 0. The number of carbonyl (C=O) groups is 1. The molecule has 0 aliphatic rings. The number of alkyl halides is 1. The van der Waals surface area contributed by atoms with Gasteiger partial charge in [-0.05, 0) is 24.8 Å². The minimum atomic E-state index is -0.672. The first-order chi connectivity index (χ1) is 8.54. The minimum Gasteiger partial charge on any atom is -0.395 e. The third-order valence-electron chi connectivity index (χ3n) is 2.42. The molecular weight excluding hydrogens is 304 g/mol. The Bertz CT molecular complexity index is 419. The number of amides is 1. The molecule has 6 nitrogen and oxygen atoms in total. The van der Waals surface area contributed by atoms with Crippen LogP contribution >= 0.6 is 15.9 Å². The molecule has 1 N–H and O–H groups in total. The van der Waals surface area contributed by atoms with E-state index in [1.54, 1.807) is 0 Å². The van der Waals surface area contributed by atoms with Gasteiger partial charge in [0, 0.05) is 11.9 Å². The molecule has 0 saturated heterocycles. The SMILES string of the molecule is CC(CBr)CCCNC(=O)c1ccc([N+](=O)[O-])o1. The Morgan fingerprint density at radius 2 is 2.33 bits per heavy atom. The Morgan fingerprint density at radius 3 is 2.89 bits per heavy atom. The molecule has 1 rings (SSSR count). The summed E-state index contributed by atoms with van der Waals surface area (Å²) in [5, 5.41) is 14.0. The van der Waals surface area contributed by atoms with Gasteiger partial charge in [0.15, 0.2) is 5.76 Å². The number of hydrogen-bond donors (Lipinski definition) is 1. The van der Waals surface area contributed by atoms with Crippen molar-refractivity contribution < 1.29 is 14.1 Å². The average molecular weight is 319 g/mol. The third-order valence-corrected chi connectivity index (χ3v) is 3.52. The number of furan rings is 1. The highest BCUT2D eigenvalue weighted by molar-refractivity contribution is 9.09. The van der Waals surface area contributed by atoms with Gasteiger partial charge in [-0.1, -0.05) is 22.9 Å². The first kappa shape index (κ1) is 14.7. The molecule has 0 fully saturated rings. The normalized spacial score (nSPS) is 12.1. The number of halogens is 1. The van der Waals surface area contributed by atoms with E-state index in [9.17, 15) is 14.9 Å². The van der Waals surface area contributed by atoms with Gasteiger partial charge in [-0.3, -0.25) is 14.9 Å². The minimum absolute atomic E-state index is 0.0322. The summed E-state index contributed by atoms with van der Waals surface area (Å²) in [6.45, 7) is 2.65. The third kappa shape index (κ3) is 4.48. The highest BCUT2D eigenvalue weighted by Gasteiger charge is 2.16. The fraction of sp³-hybridized carbons (Fsp3) is 0.545. The molecule has 18 heavy (non-hydrogen) atoms. The Hall–Kier alpha value is -1.37. The molecule has 100 valence electrons. The van der Waals surface area contributed by atoms with E-state index in [1.807, 2.05) is 0 Å². The molecule has 0 radical (unpaired) electrons. The van der Waals surface area contributed by atoms with Crippen molar-refractivity contribution in [2.45, 2.75) is 19.8 Å². The number of carbonyl (C=O) groups excluding carboxylic acids is 1. The van der Waals surface area contributed by atoms with Gasteiger partial charge < -0.3 is 9.73 Å². The van der Waals surface area contributed by atoms with Gasteiger partial charge >= 0.3 is 5.88 Å². The quantitative estimate of drug-likeness (QED) is 0.362. The number of rotatable bonds is 7. The van der Waals surface area contributed by atoms with E-state index in [2.05, 4.69) is 28.2 Å². The summed E-state index contributed by atoms with van der Waals surface area (Å²) in [5.74, 6) is -0.315. The predicted octanol–water partition coefficient (Wildman–Crippen LogP) is 2.73. The maximum atomic E-state index is 11.6. The lowest BCUT2D eigenvalue weighted by molar-refractivity contribution is -0.402. The molecule has 0 spiro atoms. The van der Waals surface area contributed by atoms with Gasteiger partial charge in [0.25, 0.3) is 5.91 Å². The topological polar surface area (TPSA) is 85.4 Å². The Kier molecular flexibility index (Phi) is 5.84. The smallest absolute Gasteiger partial charge is 0.395 e. The lowest BCUT2D eigenvalue weighted by atomic mass is 10.1. The van der Waals surface area contributed by atoms with Crippen LogP contribution in [0.4, 0.5) is 5.88 Å². The van der Waals surface area contributed by atoms with E-state index in [1.165, 1.54) is 12.1 Å². The van der Waals surface area contributed by atoms with Crippen molar-refractivity contribution in [2.75, 3.05) is 11.9 Å².